The van der Waals surface area contributed by atoms with Gasteiger partial charge >= 0.3 is 0 Å². The highest BCUT2D eigenvalue weighted by Gasteiger charge is 2.64. The molecule has 0 bridgehead atoms. The Morgan fingerprint density at radius 1 is 1.29 bits per heavy atom. The summed E-state index contributed by atoms with van der Waals surface area (Å²) in [6, 6.07) is 8.83. The van der Waals surface area contributed by atoms with Crippen molar-refractivity contribution in [3.63, 3.8) is 0 Å². The number of nitrogens with one attached hydrogen (secondary N) is 2. The van der Waals surface area contributed by atoms with E-state index >= 15 is 0 Å². The van der Waals surface area contributed by atoms with Crippen LogP contribution in [-0.4, -0.2) is 23.1 Å². The molecule has 1 aromatic carbocycles. The van der Waals surface area contributed by atoms with E-state index in [1.54, 1.807) is 0 Å². The molecule has 1 aromatic rings. The fourth-order valence-electron chi connectivity index (χ4n) is 4.01. The number of hydrogen-bond donors (Lipinski definition) is 2. The lowest BCUT2D eigenvalue weighted by Gasteiger charge is -2.51. The van der Waals surface area contributed by atoms with Crippen LogP contribution in [0.2, 0.25) is 0 Å². The monoisotopic (exact) mass is 345 g/mol. The Morgan fingerprint density at radius 2 is 2.00 bits per heavy atom. The molecule has 4 heteroatoms. The van der Waals surface area contributed by atoms with Crippen molar-refractivity contribution in [2.45, 2.75) is 50.0 Å². The third-order valence-corrected chi connectivity index (χ3v) is 5.97. The fourth-order valence-corrected chi connectivity index (χ4v) is 4.40. The maximum Gasteiger partial charge on any atom is 0.112 e. The lowest BCUT2D eigenvalue weighted by molar-refractivity contribution is 0.172. The molecule has 21 heavy (non-hydrogen) atoms. The van der Waals surface area contributed by atoms with E-state index in [0.717, 1.165) is 30.2 Å². The Kier molecular flexibility index (Phi) is 2.84. The standard InChI is InChI=1S/C17H20BrN3/c18-13-3-1-2-12(8-13)17(9-16(10-17)6-7-16)15(20)21(11-19)14-4-5-14/h1-3,8,11,14,19-20H,4-7,9-10H2. The molecule has 0 atom stereocenters. The minimum absolute atomic E-state index is 0.166. The zero-order chi connectivity index (χ0) is 14.7. The minimum atomic E-state index is -0.166. The minimum Gasteiger partial charge on any atom is -0.318 e. The van der Waals surface area contributed by atoms with E-state index in [-0.39, 0.29) is 5.41 Å². The second kappa shape index (κ2) is 4.42. The molecular formula is C17H20BrN3. The first kappa shape index (κ1) is 13.5. The molecule has 3 aliphatic rings. The smallest absolute Gasteiger partial charge is 0.112 e. The quantitative estimate of drug-likeness (QED) is 0.619. The molecule has 110 valence electrons. The maximum atomic E-state index is 8.79. The van der Waals surface area contributed by atoms with Gasteiger partial charge in [-0.25, -0.2) is 0 Å². The summed E-state index contributed by atoms with van der Waals surface area (Å²) in [6.45, 7) is 0. The van der Waals surface area contributed by atoms with Gasteiger partial charge in [0.15, 0.2) is 0 Å². The van der Waals surface area contributed by atoms with Crippen molar-refractivity contribution in [3.05, 3.63) is 34.3 Å². The van der Waals surface area contributed by atoms with Crippen LogP contribution < -0.4 is 0 Å². The van der Waals surface area contributed by atoms with Gasteiger partial charge in [-0.15, -0.1) is 0 Å². The molecule has 0 radical (unpaired) electrons. The van der Waals surface area contributed by atoms with Crippen LogP contribution in [0.3, 0.4) is 0 Å². The van der Waals surface area contributed by atoms with Gasteiger partial charge in [0.1, 0.15) is 5.84 Å². The highest BCUT2D eigenvalue weighted by atomic mass is 79.9. The molecule has 0 aliphatic heterocycles. The SMILES string of the molecule is N=CN(C(=N)C1(c2cccc(Br)c2)CC2(CC2)C1)C1CC1. The summed E-state index contributed by atoms with van der Waals surface area (Å²) in [7, 11) is 0. The van der Waals surface area contributed by atoms with Crippen molar-refractivity contribution < 1.29 is 0 Å². The maximum absolute atomic E-state index is 8.79. The lowest BCUT2D eigenvalue weighted by Crippen LogP contribution is -2.55. The van der Waals surface area contributed by atoms with Crippen LogP contribution in [0.1, 0.15) is 44.1 Å². The predicted octanol–water partition coefficient (Wildman–Crippen LogP) is 4.31. The molecule has 4 rings (SSSR count). The zero-order valence-electron chi connectivity index (χ0n) is 12.0. The van der Waals surface area contributed by atoms with Crippen LogP contribution in [0.4, 0.5) is 0 Å². The van der Waals surface area contributed by atoms with Gasteiger partial charge in [0.05, 0.1) is 11.8 Å². The molecule has 2 N–H and O–H groups in total. The molecule has 0 saturated heterocycles. The first-order valence-electron chi connectivity index (χ1n) is 7.73. The zero-order valence-corrected chi connectivity index (χ0v) is 13.6. The number of hydrogen-bond acceptors (Lipinski definition) is 2. The lowest BCUT2D eigenvalue weighted by atomic mass is 9.55. The average molecular weight is 346 g/mol. The van der Waals surface area contributed by atoms with E-state index in [9.17, 15) is 0 Å². The normalized spacial score (nSPS) is 24.2. The third kappa shape index (κ3) is 2.07. The largest absolute Gasteiger partial charge is 0.318 e. The Bertz CT molecular complexity index is 608. The van der Waals surface area contributed by atoms with E-state index in [1.807, 2.05) is 11.0 Å². The van der Waals surface area contributed by atoms with Gasteiger partial charge in [0.2, 0.25) is 0 Å². The molecule has 3 saturated carbocycles. The molecule has 3 nitrogen and oxygen atoms in total. The number of halogens is 1. The van der Waals surface area contributed by atoms with Gasteiger partial charge in [-0.1, -0.05) is 28.1 Å². The van der Waals surface area contributed by atoms with Gasteiger partial charge in [0, 0.05) is 10.5 Å². The van der Waals surface area contributed by atoms with Crippen LogP contribution in [0, 0.1) is 16.2 Å². The summed E-state index contributed by atoms with van der Waals surface area (Å²) in [5.74, 6) is 0.649. The van der Waals surface area contributed by atoms with Crippen LogP contribution in [-0.2, 0) is 5.41 Å². The molecule has 3 fully saturated rings. The van der Waals surface area contributed by atoms with Gasteiger partial charge in [-0.05, 0) is 61.6 Å². The van der Waals surface area contributed by atoms with Crippen LogP contribution in [0.15, 0.2) is 28.7 Å². The van der Waals surface area contributed by atoms with Crippen molar-refractivity contribution in [2.75, 3.05) is 0 Å². The highest BCUT2D eigenvalue weighted by molar-refractivity contribution is 9.10. The van der Waals surface area contributed by atoms with E-state index < -0.39 is 0 Å². The summed E-state index contributed by atoms with van der Waals surface area (Å²) < 4.78 is 1.08. The van der Waals surface area contributed by atoms with Crippen molar-refractivity contribution in [1.82, 2.24) is 4.90 Å². The highest BCUT2D eigenvalue weighted by Crippen LogP contribution is 2.69. The first-order chi connectivity index (χ1) is 10.1. The van der Waals surface area contributed by atoms with E-state index in [2.05, 4.69) is 34.1 Å². The molecule has 0 aromatic heterocycles. The number of rotatable bonds is 4. The fraction of sp³-hybridized carbons (Fsp3) is 0.529. The van der Waals surface area contributed by atoms with E-state index in [0.29, 0.717) is 17.3 Å². The molecule has 0 heterocycles. The predicted molar refractivity (Wildman–Crippen MR) is 88.1 cm³/mol. The second-order valence-electron chi connectivity index (χ2n) is 7.06. The summed E-state index contributed by atoms with van der Waals surface area (Å²) in [5, 5.41) is 16.5. The third-order valence-electron chi connectivity index (χ3n) is 5.48. The molecule has 3 aliphatic carbocycles. The van der Waals surface area contributed by atoms with E-state index in [1.165, 1.54) is 24.7 Å². The molecule has 0 unspecified atom stereocenters. The van der Waals surface area contributed by atoms with Gasteiger partial charge < -0.3 is 4.90 Å². The molecule has 1 spiro atoms. The van der Waals surface area contributed by atoms with E-state index in [4.69, 9.17) is 10.8 Å². The van der Waals surface area contributed by atoms with Crippen molar-refractivity contribution in [3.8, 4) is 0 Å². The van der Waals surface area contributed by atoms with Crippen molar-refractivity contribution in [1.29, 1.82) is 10.8 Å². The Hall–Kier alpha value is -1.16. The Labute approximate surface area is 133 Å². The topological polar surface area (TPSA) is 50.9 Å². The van der Waals surface area contributed by atoms with Crippen LogP contribution in [0.5, 0.6) is 0 Å². The van der Waals surface area contributed by atoms with Crippen molar-refractivity contribution >= 4 is 28.1 Å². The molecular weight excluding hydrogens is 326 g/mol. The number of nitrogens with zero attached hydrogens (tertiary/aromatic N) is 1. The summed E-state index contributed by atoms with van der Waals surface area (Å²) in [5.41, 5.74) is 1.60. The van der Waals surface area contributed by atoms with Gasteiger partial charge in [0.25, 0.3) is 0 Å². The summed E-state index contributed by atoms with van der Waals surface area (Å²) in [4.78, 5) is 1.91. The second-order valence-corrected chi connectivity index (χ2v) is 7.98. The summed E-state index contributed by atoms with van der Waals surface area (Å²) >= 11 is 3.57. The van der Waals surface area contributed by atoms with Gasteiger partial charge in [-0.3, -0.25) is 10.8 Å². The Morgan fingerprint density at radius 3 is 2.52 bits per heavy atom. The van der Waals surface area contributed by atoms with Gasteiger partial charge in [-0.2, -0.15) is 0 Å². The number of benzene rings is 1. The average Bonchev–Trinajstić information content (AvgIpc) is 3.31. The van der Waals surface area contributed by atoms with Crippen molar-refractivity contribution in [2.24, 2.45) is 5.41 Å². The summed E-state index contributed by atoms with van der Waals surface area (Å²) in [6.07, 6.45) is 8.44. The van der Waals surface area contributed by atoms with Crippen LogP contribution >= 0.6 is 15.9 Å². The van der Waals surface area contributed by atoms with Crippen LogP contribution in [0.25, 0.3) is 0 Å². The first-order valence-corrected chi connectivity index (χ1v) is 8.52. The molecule has 0 amide bonds. The number of amidine groups is 1. The Balaban J connectivity index is 1.70.